The van der Waals surface area contributed by atoms with Gasteiger partial charge in [0, 0.05) is 30.1 Å². The van der Waals surface area contributed by atoms with E-state index >= 15 is 0 Å². The number of halogens is 3. The molecule has 0 aliphatic carbocycles. The fourth-order valence-electron chi connectivity index (χ4n) is 3.21. The van der Waals surface area contributed by atoms with Crippen LogP contribution in [0, 0.1) is 5.92 Å². The van der Waals surface area contributed by atoms with E-state index in [1.165, 1.54) is 11.3 Å². The Morgan fingerprint density at radius 2 is 2.12 bits per heavy atom. The molecule has 2 heterocycles. The largest absolute Gasteiger partial charge is 0.338 e. The van der Waals surface area contributed by atoms with Crippen molar-refractivity contribution in [1.82, 2.24) is 9.88 Å². The van der Waals surface area contributed by atoms with Gasteiger partial charge in [-0.25, -0.2) is 4.98 Å². The SMILES string of the molecule is CC1CCN(C(=O)Cc2csc(-c3ccccc3Cl)n2)C(CN)C1.Cl.Cl. The van der Waals surface area contributed by atoms with Crippen molar-refractivity contribution in [3.63, 3.8) is 0 Å². The molecule has 2 aromatic rings. The van der Waals surface area contributed by atoms with Crippen LogP contribution in [0.3, 0.4) is 0 Å². The smallest absolute Gasteiger partial charge is 0.228 e. The van der Waals surface area contributed by atoms with Gasteiger partial charge in [-0.05, 0) is 24.8 Å². The zero-order valence-electron chi connectivity index (χ0n) is 14.6. The number of amides is 1. The number of likely N-dealkylation sites (tertiary alicyclic amines) is 1. The van der Waals surface area contributed by atoms with Crippen LogP contribution in [-0.4, -0.2) is 34.9 Å². The summed E-state index contributed by atoms with van der Waals surface area (Å²) in [5.74, 6) is 0.752. The molecule has 144 valence electrons. The summed E-state index contributed by atoms with van der Waals surface area (Å²) in [5, 5.41) is 3.48. The quantitative estimate of drug-likeness (QED) is 0.771. The van der Waals surface area contributed by atoms with Gasteiger partial charge in [0.1, 0.15) is 5.01 Å². The van der Waals surface area contributed by atoms with Crippen LogP contribution in [-0.2, 0) is 11.2 Å². The maximum atomic E-state index is 12.7. The first kappa shape index (κ1) is 23.2. The lowest BCUT2D eigenvalue weighted by Crippen LogP contribution is -2.49. The number of carbonyl (C=O) groups excluding carboxylic acids is 1. The van der Waals surface area contributed by atoms with Crippen LogP contribution in [0.5, 0.6) is 0 Å². The number of nitrogens with zero attached hydrogens (tertiary/aromatic N) is 2. The number of benzene rings is 1. The lowest BCUT2D eigenvalue weighted by atomic mass is 9.92. The Hall–Kier alpha value is -0.850. The van der Waals surface area contributed by atoms with Gasteiger partial charge in [0.15, 0.2) is 0 Å². The minimum Gasteiger partial charge on any atom is -0.338 e. The average Bonchev–Trinajstić information content (AvgIpc) is 3.03. The van der Waals surface area contributed by atoms with Gasteiger partial charge >= 0.3 is 0 Å². The lowest BCUT2D eigenvalue weighted by molar-refractivity contribution is -0.134. The molecule has 1 amide bonds. The molecular weight excluding hydrogens is 413 g/mol. The Balaban J connectivity index is 0.00000169. The number of carbonyl (C=O) groups is 1. The minimum atomic E-state index is 0. The summed E-state index contributed by atoms with van der Waals surface area (Å²) in [5.41, 5.74) is 7.57. The Kier molecular flexibility index (Phi) is 9.34. The number of rotatable bonds is 4. The second kappa shape index (κ2) is 10.5. The molecule has 8 heteroatoms. The second-order valence-electron chi connectivity index (χ2n) is 6.41. The van der Waals surface area contributed by atoms with Crippen molar-refractivity contribution in [3.8, 4) is 10.6 Å². The molecule has 26 heavy (non-hydrogen) atoms. The third-order valence-electron chi connectivity index (χ3n) is 4.56. The van der Waals surface area contributed by atoms with E-state index in [1.807, 2.05) is 34.5 Å². The first-order valence-corrected chi connectivity index (χ1v) is 9.53. The molecule has 2 unspecified atom stereocenters. The van der Waals surface area contributed by atoms with E-state index in [9.17, 15) is 4.79 Å². The number of hydrogen-bond donors (Lipinski definition) is 1. The van der Waals surface area contributed by atoms with Gasteiger partial charge in [-0.15, -0.1) is 36.2 Å². The average molecular weight is 437 g/mol. The first-order chi connectivity index (χ1) is 11.6. The fraction of sp³-hybridized carbons (Fsp3) is 0.444. The summed E-state index contributed by atoms with van der Waals surface area (Å²) in [4.78, 5) is 19.2. The van der Waals surface area contributed by atoms with Crippen LogP contribution in [0.4, 0.5) is 0 Å². The van der Waals surface area contributed by atoms with Gasteiger partial charge in [-0.1, -0.05) is 36.7 Å². The van der Waals surface area contributed by atoms with E-state index < -0.39 is 0 Å². The topological polar surface area (TPSA) is 59.2 Å². The maximum Gasteiger partial charge on any atom is 0.228 e. The zero-order valence-corrected chi connectivity index (χ0v) is 17.8. The monoisotopic (exact) mass is 435 g/mol. The van der Waals surface area contributed by atoms with E-state index in [1.54, 1.807) is 0 Å². The predicted octanol–water partition coefficient (Wildman–Crippen LogP) is 4.44. The highest BCUT2D eigenvalue weighted by atomic mass is 35.5. The number of nitrogens with two attached hydrogens (primary N) is 1. The van der Waals surface area contributed by atoms with Crippen LogP contribution in [0.1, 0.15) is 25.5 Å². The van der Waals surface area contributed by atoms with Crippen LogP contribution >= 0.6 is 47.8 Å². The number of hydrogen-bond acceptors (Lipinski definition) is 4. The molecule has 0 spiro atoms. The van der Waals surface area contributed by atoms with Crippen molar-refractivity contribution in [2.45, 2.75) is 32.2 Å². The number of piperidine rings is 1. The predicted molar refractivity (Wildman–Crippen MR) is 114 cm³/mol. The highest BCUT2D eigenvalue weighted by Crippen LogP contribution is 2.30. The summed E-state index contributed by atoms with van der Waals surface area (Å²) in [6.45, 7) is 3.54. The van der Waals surface area contributed by atoms with Crippen molar-refractivity contribution >= 4 is 53.7 Å². The zero-order chi connectivity index (χ0) is 17.1. The van der Waals surface area contributed by atoms with E-state index in [2.05, 4.69) is 11.9 Å². The normalized spacial score (nSPS) is 19.4. The van der Waals surface area contributed by atoms with Crippen LogP contribution in [0.25, 0.3) is 10.6 Å². The highest BCUT2D eigenvalue weighted by molar-refractivity contribution is 7.13. The van der Waals surface area contributed by atoms with Gasteiger partial charge in [0.05, 0.1) is 17.1 Å². The molecule has 0 saturated carbocycles. The molecule has 3 rings (SSSR count). The molecule has 1 saturated heterocycles. The molecule has 1 aromatic carbocycles. The molecule has 1 aliphatic rings. The van der Waals surface area contributed by atoms with Gasteiger partial charge in [0.25, 0.3) is 0 Å². The Labute approximate surface area is 175 Å². The van der Waals surface area contributed by atoms with Gasteiger partial charge in [-0.3, -0.25) is 4.79 Å². The van der Waals surface area contributed by atoms with E-state index in [4.69, 9.17) is 17.3 Å². The Morgan fingerprint density at radius 1 is 1.38 bits per heavy atom. The summed E-state index contributed by atoms with van der Waals surface area (Å²) in [6, 6.07) is 7.79. The molecule has 2 N–H and O–H groups in total. The van der Waals surface area contributed by atoms with Crippen molar-refractivity contribution in [1.29, 1.82) is 0 Å². The van der Waals surface area contributed by atoms with Crippen LogP contribution in [0.2, 0.25) is 5.02 Å². The summed E-state index contributed by atoms with van der Waals surface area (Å²) in [7, 11) is 0. The second-order valence-corrected chi connectivity index (χ2v) is 7.67. The van der Waals surface area contributed by atoms with Crippen molar-refractivity contribution in [2.75, 3.05) is 13.1 Å². The summed E-state index contributed by atoms with van der Waals surface area (Å²) >= 11 is 7.75. The lowest BCUT2D eigenvalue weighted by Gasteiger charge is -2.38. The highest BCUT2D eigenvalue weighted by Gasteiger charge is 2.29. The van der Waals surface area contributed by atoms with E-state index in [0.29, 0.717) is 23.9 Å². The third kappa shape index (κ3) is 5.33. The van der Waals surface area contributed by atoms with Crippen LogP contribution < -0.4 is 5.73 Å². The van der Waals surface area contributed by atoms with Crippen LogP contribution in [0.15, 0.2) is 29.6 Å². The third-order valence-corrected chi connectivity index (χ3v) is 5.81. The van der Waals surface area contributed by atoms with Gasteiger partial charge in [-0.2, -0.15) is 0 Å². The minimum absolute atomic E-state index is 0. The molecular formula is C18H24Cl3N3OS. The first-order valence-electron chi connectivity index (χ1n) is 8.27. The number of aromatic nitrogens is 1. The molecule has 1 aromatic heterocycles. The van der Waals surface area contributed by atoms with Crippen molar-refractivity contribution < 1.29 is 4.79 Å². The van der Waals surface area contributed by atoms with E-state index in [0.717, 1.165) is 35.7 Å². The fourth-order valence-corrected chi connectivity index (χ4v) is 4.35. The molecule has 1 aliphatic heterocycles. The maximum absolute atomic E-state index is 12.7. The standard InChI is InChI=1S/C18H22ClN3OS.2ClH/c1-12-6-7-22(14(8-12)10-20)17(23)9-13-11-24-18(21-13)15-4-2-3-5-16(15)19;;/h2-5,11-12,14H,6-10,20H2,1H3;2*1H. The Morgan fingerprint density at radius 3 is 2.81 bits per heavy atom. The molecule has 1 fully saturated rings. The van der Waals surface area contributed by atoms with Crippen molar-refractivity contribution in [2.24, 2.45) is 11.7 Å². The molecule has 2 atom stereocenters. The van der Waals surface area contributed by atoms with Gasteiger partial charge in [0.2, 0.25) is 5.91 Å². The van der Waals surface area contributed by atoms with Gasteiger partial charge < -0.3 is 10.6 Å². The van der Waals surface area contributed by atoms with Crippen molar-refractivity contribution in [3.05, 3.63) is 40.4 Å². The summed E-state index contributed by atoms with van der Waals surface area (Å²) in [6.07, 6.45) is 2.36. The summed E-state index contributed by atoms with van der Waals surface area (Å²) < 4.78 is 0. The molecule has 4 nitrogen and oxygen atoms in total. The van der Waals surface area contributed by atoms with E-state index in [-0.39, 0.29) is 36.8 Å². The molecule has 0 bridgehead atoms. The number of thiazole rings is 1. The Bertz CT molecular complexity index is 725. The molecule has 0 radical (unpaired) electrons.